The van der Waals surface area contributed by atoms with Crippen LogP contribution in [0.3, 0.4) is 0 Å². The molecule has 0 aliphatic carbocycles. The molecule has 3 N–H and O–H groups in total. The summed E-state index contributed by atoms with van der Waals surface area (Å²) in [4.78, 5) is 0. The molecule has 0 amide bonds. The van der Waals surface area contributed by atoms with Crippen LogP contribution in [0.5, 0.6) is 0 Å². The lowest BCUT2D eigenvalue weighted by Gasteiger charge is -2.30. The van der Waals surface area contributed by atoms with Gasteiger partial charge in [0.25, 0.3) is 0 Å². The third-order valence-corrected chi connectivity index (χ3v) is 3.38. The zero-order chi connectivity index (χ0) is 12.3. The number of hydrogen-bond acceptors (Lipinski definition) is 2. The zero-order valence-corrected chi connectivity index (χ0v) is 10.7. The Balaban J connectivity index is 3.01. The normalized spacial score (nSPS) is 11.6. The second-order valence-corrected chi connectivity index (χ2v) is 4.65. The van der Waals surface area contributed by atoms with Crippen LogP contribution in [0.1, 0.15) is 33.6 Å². The summed E-state index contributed by atoms with van der Waals surface area (Å²) in [7, 11) is 0. The van der Waals surface area contributed by atoms with Crippen molar-refractivity contribution in [3.8, 4) is 0 Å². The summed E-state index contributed by atoms with van der Waals surface area (Å²) in [6.45, 7) is 6.29. The van der Waals surface area contributed by atoms with Gasteiger partial charge in [0.05, 0.1) is 16.4 Å². The number of anilines is 2. The summed E-state index contributed by atoms with van der Waals surface area (Å²) in [5.74, 6) is -0.487. The summed E-state index contributed by atoms with van der Waals surface area (Å²) >= 11 is 5.73. The summed E-state index contributed by atoms with van der Waals surface area (Å²) in [5.41, 5.74) is 6.78. The molecule has 16 heavy (non-hydrogen) atoms. The molecule has 0 saturated heterocycles. The van der Waals surface area contributed by atoms with Crippen molar-refractivity contribution in [2.24, 2.45) is 0 Å². The Hall–Kier alpha value is -0.960. The van der Waals surface area contributed by atoms with Gasteiger partial charge in [0.15, 0.2) is 0 Å². The number of halogens is 2. The van der Waals surface area contributed by atoms with E-state index < -0.39 is 5.82 Å². The highest BCUT2D eigenvalue weighted by Gasteiger charge is 2.20. The maximum Gasteiger partial charge on any atom is 0.143 e. The molecule has 4 heteroatoms. The Bertz CT molecular complexity index is 376. The first-order chi connectivity index (χ1) is 7.41. The number of hydrogen-bond donors (Lipinski definition) is 2. The van der Waals surface area contributed by atoms with Crippen LogP contribution >= 0.6 is 11.6 Å². The monoisotopic (exact) mass is 244 g/mol. The molecular formula is C12H18ClFN2. The van der Waals surface area contributed by atoms with E-state index in [0.717, 1.165) is 12.8 Å². The minimum Gasteiger partial charge on any atom is -0.397 e. The maximum absolute atomic E-state index is 13.1. The van der Waals surface area contributed by atoms with Crippen LogP contribution in [0.15, 0.2) is 12.1 Å². The van der Waals surface area contributed by atoms with Crippen LogP contribution in [0.25, 0.3) is 0 Å². The first kappa shape index (κ1) is 13.1. The Kier molecular flexibility index (Phi) is 4.03. The number of nitrogen functional groups attached to an aromatic ring is 1. The standard InChI is InChI=1S/C12H18ClFN2/c1-4-12(3,5-2)16-11-6-8(13)9(14)7-10(11)15/h6-7,16H,4-5,15H2,1-3H3. The van der Waals surface area contributed by atoms with Gasteiger partial charge in [-0.1, -0.05) is 25.4 Å². The van der Waals surface area contributed by atoms with E-state index in [1.54, 1.807) is 0 Å². The first-order valence-corrected chi connectivity index (χ1v) is 5.82. The summed E-state index contributed by atoms with van der Waals surface area (Å²) in [6.07, 6.45) is 1.91. The van der Waals surface area contributed by atoms with Gasteiger partial charge in [-0.05, 0) is 25.8 Å². The van der Waals surface area contributed by atoms with Crippen molar-refractivity contribution >= 4 is 23.0 Å². The van der Waals surface area contributed by atoms with Crippen LogP contribution < -0.4 is 11.1 Å². The zero-order valence-electron chi connectivity index (χ0n) is 9.90. The molecule has 2 nitrogen and oxygen atoms in total. The number of nitrogens with one attached hydrogen (secondary N) is 1. The van der Waals surface area contributed by atoms with E-state index in [0.29, 0.717) is 11.4 Å². The molecular weight excluding hydrogens is 227 g/mol. The fraction of sp³-hybridized carbons (Fsp3) is 0.500. The molecule has 0 aliphatic rings. The fourth-order valence-corrected chi connectivity index (χ4v) is 1.59. The highest BCUT2D eigenvalue weighted by atomic mass is 35.5. The lowest BCUT2D eigenvalue weighted by molar-refractivity contribution is 0.478. The molecule has 90 valence electrons. The molecule has 0 spiro atoms. The van der Waals surface area contributed by atoms with Crippen LogP contribution in [0, 0.1) is 5.82 Å². The largest absolute Gasteiger partial charge is 0.397 e. The second-order valence-electron chi connectivity index (χ2n) is 4.25. The van der Waals surface area contributed by atoms with Gasteiger partial charge < -0.3 is 11.1 Å². The van der Waals surface area contributed by atoms with Gasteiger partial charge in [0, 0.05) is 11.6 Å². The number of rotatable bonds is 4. The predicted molar refractivity (Wildman–Crippen MR) is 68.4 cm³/mol. The van der Waals surface area contributed by atoms with Gasteiger partial charge in [0.1, 0.15) is 5.82 Å². The molecule has 0 fully saturated rings. The minimum absolute atomic E-state index is 0.0464. The highest BCUT2D eigenvalue weighted by Crippen LogP contribution is 2.30. The third-order valence-electron chi connectivity index (χ3n) is 3.09. The van der Waals surface area contributed by atoms with Gasteiger partial charge in [-0.15, -0.1) is 0 Å². The van der Waals surface area contributed by atoms with Crippen molar-refractivity contribution in [2.45, 2.75) is 39.2 Å². The van der Waals surface area contributed by atoms with Crippen molar-refractivity contribution in [1.82, 2.24) is 0 Å². The molecule has 1 aromatic rings. The van der Waals surface area contributed by atoms with E-state index in [1.807, 2.05) is 0 Å². The summed E-state index contributed by atoms with van der Waals surface area (Å²) < 4.78 is 13.1. The molecule has 0 saturated carbocycles. The first-order valence-electron chi connectivity index (χ1n) is 5.44. The van der Waals surface area contributed by atoms with Crippen molar-refractivity contribution in [3.63, 3.8) is 0 Å². The summed E-state index contributed by atoms with van der Waals surface area (Å²) in [6, 6.07) is 2.78. The average Bonchev–Trinajstić information content (AvgIpc) is 2.25. The predicted octanol–water partition coefficient (Wildman–Crippen LogP) is 4.05. The van der Waals surface area contributed by atoms with E-state index in [-0.39, 0.29) is 10.6 Å². The molecule has 0 atom stereocenters. The van der Waals surface area contributed by atoms with E-state index in [1.165, 1.54) is 12.1 Å². The lowest BCUT2D eigenvalue weighted by Crippen LogP contribution is -2.33. The van der Waals surface area contributed by atoms with Crippen LogP contribution in [0.2, 0.25) is 5.02 Å². The number of benzene rings is 1. The van der Waals surface area contributed by atoms with Crippen LogP contribution in [0.4, 0.5) is 15.8 Å². The molecule has 0 heterocycles. The maximum atomic E-state index is 13.1. The molecule has 1 aromatic carbocycles. The highest BCUT2D eigenvalue weighted by molar-refractivity contribution is 6.31. The fourth-order valence-electron chi connectivity index (χ4n) is 1.42. The molecule has 0 bridgehead atoms. The van der Waals surface area contributed by atoms with Crippen molar-refractivity contribution in [2.75, 3.05) is 11.1 Å². The third kappa shape index (κ3) is 2.79. The molecule has 0 unspecified atom stereocenters. The Morgan fingerprint density at radius 3 is 2.44 bits per heavy atom. The SMILES string of the molecule is CCC(C)(CC)Nc1cc(Cl)c(F)cc1N. The molecule has 0 aliphatic heterocycles. The van der Waals surface area contributed by atoms with Gasteiger partial charge in [-0.2, -0.15) is 0 Å². The topological polar surface area (TPSA) is 38.0 Å². The van der Waals surface area contributed by atoms with E-state index in [9.17, 15) is 4.39 Å². The van der Waals surface area contributed by atoms with Crippen LogP contribution in [-0.2, 0) is 0 Å². The van der Waals surface area contributed by atoms with Gasteiger partial charge in [-0.25, -0.2) is 4.39 Å². The van der Waals surface area contributed by atoms with E-state index >= 15 is 0 Å². The van der Waals surface area contributed by atoms with Crippen molar-refractivity contribution in [1.29, 1.82) is 0 Å². The Morgan fingerprint density at radius 1 is 1.38 bits per heavy atom. The van der Waals surface area contributed by atoms with Crippen molar-refractivity contribution < 1.29 is 4.39 Å². The van der Waals surface area contributed by atoms with Crippen molar-refractivity contribution in [3.05, 3.63) is 23.0 Å². The second kappa shape index (κ2) is 4.91. The quantitative estimate of drug-likeness (QED) is 0.784. The Morgan fingerprint density at radius 2 is 1.94 bits per heavy atom. The molecule has 0 aromatic heterocycles. The van der Waals surface area contributed by atoms with E-state index in [4.69, 9.17) is 17.3 Å². The molecule has 1 rings (SSSR count). The Labute approximate surface area is 101 Å². The van der Waals surface area contributed by atoms with Gasteiger partial charge >= 0.3 is 0 Å². The minimum atomic E-state index is -0.487. The van der Waals surface area contributed by atoms with Gasteiger partial charge in [-0.3, -0.25) is 0 Å². The average molecular weight is 245 g/mol. The van der Waals surface area contributed by atoms with Gasteiger partial charge in [0.2, 0.25) is 0 Å². The lowest BCUT2D eigenvalue weighted by atomic mass is 9.95. The van der Waals surface area contributed by atoms with E-state index in [2.05, 4.69) is 26.1 Å². The van der Waals surface area contributed by atoms with Crippen LogP contribution in [-0.4, -0.2) is 5.54 Å². The number of nitrogens with two attached hydrogens (primary N) is 1. The smallest absolute Gasteiger partial charge is 0.143 e. The molecule has 0 radical (unpaired) electrons. The summed E-state index contributed by atoms with van der Waals surface area (Å²) in [5, 5.41) is 3.40.